The maximum Gasteiger partial charge on any atom is 0.277 e. The molecule has 0 N–H and O–H groups in total. The van der Waals surface area contributed by atoms with Gasteiger partial charge in [0.05, 0.1) is 10.5 Å². The molecule has 0 saturated carbocycles. The van der Waals surface area contributed by atoms with Crippen molar-refractivity contribution < 1.29 is 9.31 Å². The van der Waals surface area contributed by atoms with E-state index < -0.39 is 10.7 Å². The van der Waals surface area contributed by atoms with Crippen LogP contribution < -0.4 is 0 Å². The lowest BCUT2D eigenvalue weighted by Gasteiger charge is -2.03. The van der Waals surface area contributed by atoms with Crippen molar-refractivity contribution in [2.24, 2.45) is 0 Å². The van der Waals surface area contributed by atoms with Gasteiger partial charge in [0.1, 0.15) is 5.82 Å². The second-order valence-corrected chi connectivity index (χ2v) is 3.25. The van der Waals surface area contributed by atoms with E-state index in [0.29, 0.717) is 5.56 Å². The molecule has 0 spiro atoms. The van der Waals surface area contributed by atoms with Gasteiger partial charge in [-0.1, -0.05) is 30.3 Å². The Morgan fingerprint density at radius 3 is 2.12 bits per heavy atom. The van der Waals surface area contributed by atoms with Crippen LogP contribution in [0.5, 0.6) is 0 Å². The summed E-state index contributed by atoms with van der Waals surface area (Å²) in [6, 6.07) is 12.1. The molecule has 0 unspecified atom stereocenters. The molecule has 0 bridgehead atoms. The van der Waals surface area contributed by atoms with Crippen molar-refractivity contribution in [3.63, 3.8) is 0 Å². The lowest BCUT2D eigenvalue weighted by molar-refractivity contribution is -0.384. The molecule has 0 aromatic heterocycles. The largest absolute Gasteiger partial charge is 0.277 e. The van der Waals surface area contributed by atoms with Crippen LogP contribution in [-0.4, -0.2) is 4.92 Å². The molecule has 0 atom stereocenters. The molecule has 2 rings (SSSR count). The fourth-order valence-electron chi connectivity index (χ4n) is 1.54. The van der Waals surface area contributed by atoms with Crippen LogP contribution in [0.1, 0.15) is 0 Å². The smallest absolute Gasteiger partial charge is 0.258 e. The molecule has 2 aromatic rings. The van der Waals surface area contributed by atoms with Crippen LogP contribution >= 0.6 is 0 Å². The Morgan fingerprint density at radius 2 is 1.50 bits per heavy atom. The first kappa shape index (κ1) is 10.3. The minimum Gasteiger partial charge on any atom is -0.258 e. The molecule has 0 fully saturated rings. The highest BCUT2D eigenvalue weighted by Crippen LogP contribution is 2.30. The van der Waals surface area contributed by atoms with Gasteiger partial charge in [-0.15, -0.1) is 0 Å². The Labute approximate surface area is 91.3 Å². The van der Waals surface area contributed by atoms with E-state index in [1.54, 1.807) is 24.3 Å². The monoisotopic (exact) mass is 217 g/mol. The van der Waals surface area contributed by atoms with Crippen molar-refractivity contribution in [1.29, 1.82) is 0 Å². The van der Waals surface area contributed by atoms with E-state index in [0.717, 1.165) is 0 Å². The number of hydrogen-bond donors (Lipinski definition) is 0. The summed E-state index contributed by atoms with van der Waals surface area (Å²) in [6.45, 7) is 0. The molecule has 0 saturated heterocycles. The number of rotatable bonds is 2. The standard InChI is InChI=1S/C12H8FNO2/c13-11-7-3-1-5-9(11)10-6-2-4-8-12(10)14(15)16/h1-8H. The van der Waals surface area contributed by atoms with Crippen molar-refractivity contribution >= 4 is 5.69 Å². The topological polar surface area (TPSA) is 43.1 Å². The number of para-hydroxylation sites is 1. The normalized spacial score (nSPS) is 10.1. The van der Waals surface area contributed by atoms with Gasteiger partial charge >= 0.3 is 0 Å². The summed E-state index contributed by atoms with van der Waals surface area (Å²) in [4.78, 5) is 10.3. The third kappa shape index (κ3) is 1.77. The maximum absolute atomic E-state index is 13.5. The third-order valence-electron chi connectivity index (χ3n) is 2.26. The van der Waals surface area contributed by atoms with Crippen molar-refractivity contribution in [2.45, 2.75) is 0 Å². The Balaban J connectivity index is 2.65. The van der Waals surface area contributed by atoms with Gasteiger partial charge in [-0.25, -0.2) is 4.39 Å². The molecule has 0 amide bonds. The predicted octanol–water partition coefficient (Wildman–Crippen LogP) is 3.40. The van der Waals surface area contributed by atoms with Crippen LogP contribution in [0.25, 0.3) is 11.1 Å². The average molecular weight is 217 g/mol. The van der Waals surface area contributed by atoms with Crippen LogP contribution in [-0.2, 0) is 0 Å². The van der Waals surface area contributed by atoms with Gasteiger partial charge in [-0.3, -0.25) is 10.1 Å². The minimum absolute atomic E-state index is 0.0902. The zero-order chi connectivity index (χ0) is 11.5. The molecular formula is C12H8FNO2. The third-order valence-corrected chi connectivity index (χ3v) is 2.26. The Kier molecular flexibility index (Phi) is 2.64. The van der Waals surface area contributed by atoms with E-state index in [-0.39, 0.29) is 11.3 Å². The van der Waals surface area contributed by atoms with Gasteiger partial charge in [0.25, 0.3) is 5.69 Å². The summed E-state index contributed by atoms with van der Waals surface area (Å²) < 4.78 is 13.5. The van der Waals surface area contributed by atoms with E-state index in [1.807, 2.05) is 0 Å². The minimum atomic E-state index is -0.512. The molecule has 0 aliphatic rings. The second kappa shape index (κ2) is 4.10. The van der Waals surface area contributed by atoms with Crippen LogP contribution in [0.15, 0.2) is 48.5 Å². The van der Waals surface area contributed by atoms with Gasteiger partial charge < -0.3 is 0 Å². The quantitative estimate of drug-likeness (QED) is 0.571. The molecule has 0 aliphatic heterocycles. The molecule has 4 heteroatoms. The van der Waals surface area contributed by atoms with Gasteiger partial charge in [-0.2, -0.15) is 0 Å². The van der Waals surface area contributed by atoms with E-state index in [9.17, 15) is 14.5 Å². The summed E-state index contributed by atoms with van der Waals surface area (Å²) in [5.41, 5.74) is 0.452. The highest BCUT2D eigenvalue weighted by molar-refractivity contribution is 5.73. The molecular weight excluding hydrogens is 209 g/mol. The molecule has 2 aromatic carbocycles. The number of benzene rings is 2. The predicted molar refractivity (Wildman–Crippen MR) is 58.5 cm³/mol. The van der Waals surface area contributed by atoms with Crippen LogP contribution in [0.4, 0.5) is 10.1 Å². The zero-order valence-corrected chi connectivity index (χ0v) is 8.26. The highest BCUT2D eigenvalue weighted by Gasteiger charge is 2.16. The van der Waals surface area contributed by atoms with Crippen molar-refractivity contribution in [3.05, 3.63) is 64.5 Å². The Bertz CT molecular complexity index is 540. The SMILES string of the molecule is O=[N+]([O-])c1ccccc1-c1ccccc1F. The van der Waals surface area contributed by atoms with Gasteiger partial charge in [0, 0.05) is 11.6 Å². The summed E-state index contributed by atoms with van der Waals surface area (Å²) in [7, 11) is 0. The lowest BCUT2D eigenvalue weighted by Crippen LogP contribution is -1.92. The molecule has 3 nitrogen and oxygen atoms in total. The van der Waals surface area contributed by atoms with Crippen LogP contribution in [0, 0.1) is 15.9 Å². The van der Waals surface area contributed by atoms with Crippen molar-refractivity contribution in [1.82, 2.24) is 0 Å². The fourth-order valence-corrected chi connectivity index (χ4v) is 1.54. The first-order valence-corrected chi connectivity index (χ1v) is 4.68. The van der Waals surface area contributed by atoms with Gasteiger partial charge in [0.2, 0.25) is 0 Å². The average Bonchev–Trinajstić information content (AvgIpc) is 2.29. The van der Waals surface area contributed by atoms with Crippen molar-refractivity contribution in [3.8, 4) is 11.1 Å². The first-order valence-electron chi connectivity index (χ1n) is 4.68. The number of nitro benzene ring substituents is 1. The van der Waals surface area contributed by atoms with Gasteiger partial charge in [0.15, 0.2) is 0 Å². The van der Waals surface area contributed by atoms with Crippen molar-refractivity contribution in [2.75, 3.05) is 0 Å². The fraction of sp³-hybridized carbons (Fsp3) is 0. The number of hydrogen-bond acceptors (Lipinski definition) is 2. The number of halogens is 1. The second-order valence-electron chi connectivity index (χ2n) is 3.25. The molecule has 0 radical (unpaired) electrons. The van der Waals surface area contributed by atoms with Gasteiger partial charge in [-0.05, 0) is 12.1 Å². The number of nitrogens with zero attached hydrogens (tertiary/aromatic N) is 1. The Morgan fingerprint density at radius 1 is 0.938 bits per heavy atom. The lowest BCUT2D eigenvalue weighted by atomic mass is 10.0. The number of nitro groups is 1. The van der Waals surface area contributed by atoms with E-state index >= 15 is 0 Å². The van der Waals surface area contributed by atoms with E-state index in [1.165, 1.54) is 24.3 Å². The highest BCUT2D eigenvalue weighted by atomic mass is 19.1. The van der Waals surface area contributed by atoms with Crippen LogP contribution in [0.3, 0.4) is 0 Å². The molecule has 16 heavy (non-hydrogen) atoms. The molecule has 0 heterocycles. The van der Waals surface area contributed by atoms with E-state index in [2.05, 4.69) is 0 Å². The summed E-state index contributed by atoms with van der Waals surface area (Å²) in [5.74, 6) is -0.461. The summed E-state index contributed by atoms with van der Waals surface area (Å²) >= 11 is 0. The maximum atomic E-state index is 13.5. The molecule has 80 valence electrons. The van der Waals surface area contributed by atoms with Crippen LogP contribution in [0.2, 0.25) is 0 Å². The summed E-state index contributed by atoms with van der Waals surface area (Å²) in [6.07, 6.45) is 0. The molecule has 0 aliphatic carbocycles. The first-order chi connectivity index (χ1) is 7.70. The summed E-state index contributed by atoms with van der Waals surface area (Å²) in [5, 5.41) is 10.8. The van der Waals surface area contributed by atoms with E-state index in [4.69, 9.17) is 0 Å². The zero-order valence-electron chi connectivity index (χ0n) is 8.26. The Hall–Kier alpha value is -2.23.